The fourth-order valence-electron chi connectivity index (χ4n) is 1.82. The molecule has 2 N–H and O–H groups in total. The number of unbranched alkanes of at least 4 members (excludes halogenated alkanes) is 1. The van der Waals surface area contributed by atoms with Crippen molar-refractivity contribution in [3.8, 4) is 11.3 Å². The molecular weight excluding hydrogens is 245 g/mol. The molecule has 0 fully saturated rings. The van der Waals surface area contributed by atoms with E-state index in [0.29, 0.717) is 6.54 Å². The highest BCUT2D eigenvalue weighted by atomic mass is 19.1. The first-order valence-corrected chi connectivity index (χ1v) is 6.46. The summed E-state index contributed by atoms with van der Waals surface area (Å²) in [6.45, 7) is 1.75. The van der Waals surface area contributed by atoms with Gasteiger partial charge in [0.1, 0.15) is 17.3 Å². The molecule has 0 saturated heterocycles. The molecule has 0 amide bonds. The van der Waals surface area contributed by atoms with Gasteiger partial charge in [-0.3, -0.25) is 0 Å². The Hall–Kier alpha value is -1.65. The van der Waals surface area contributed by atoms with Crippen molar-refractivity contribution in [1.82, 2.24) is 5.32 Å². The van der Waals surface area contributed by atoms with Crippen LogP contribution in [-0.4, -0.2) is 18.3 Å². The highest BCUT2D eigenvalue weighted by Crippen LogP contribution is 2.22. The quantitative estimate of drug-likeness (QED) is 0.755. The van der Waals surface area contributed by atoms with E-state index in [1.807, 2.05) is 12.1 Å². The summed E-state index contributed by atoms with van der Waals surface area (Å²) in [7, 11) is 0. The maximum absolute atomic E-state index is 12.8. The second-order valence-corrected chi connectivity index (χ2v) is 4.38. The molecule has 1 heterocycles. The smallest absolute Gasteiger partial charge is 0.134 e. The molecule has 3 nitrogen and oxygen atoms in total. The zero-order valence-electron chi connectivity index (χ0n) is 10.7. The highest BCUT2D eigenvalue weighted by molar-refractivity contribution is 5.57. The second kappa shape index (κ2) is 7.07. The topological polar surface area (TPSA) is 45.4 Å². The summed E-state index contributed by atoms with van der Waals surface area (Å²) in [6.07, 6.45) is 1.76. The standard InChI is InChI=1S/C15H18FNO2/c16-13-5-3-12(4-6-13)15-8-7-14(19-15)11-17-9-1-2-10-18/h3-8,17-18H,1-2,9-11H2. The van der Waals surface area contributed by atoms with Crippen LogP contribution in [-0.2, 0) is 6.54 Å². The minimum absolute atomic E-state index is 0.233. The van der Waals surface area contributed by atoms with Crippen molar-refractivity contribution in [2.75, 3.05) is 13.2 Å². The van der Waals surface area contributed by atoms with Crippen LogP contribution in [0.3, 0.4) is 0 Å². The Kier molecular flexibility index (Phi) is 5.12. The average Bonchev–Trinajstić information content (AvgIpc) is 2.88. The van der Waals surface area contributed by atoms with Gasteiger partial charge in [0.05, 0.1) is 6.54 Å². The number of hydrogen-bond donors (Lipinski definition) is 2. The lowest BCUT2D eigenvalue weighted by molar-refractivity contribution is 0.283. The third-order valence-corrected chi connectivity index (χ3v) is 2.85. The van der Waals surface area contributed by atoms with E-state index in [-0.39, 0.29) is 12.4 Å². The van der Waals surface area contributed by atoms with Gasteiger partial charge in [-0.05, 0) is 55.8 Å². The molecule has 0 unspecified atom stereocenters. The molecule has 0 radical (unpaired) electrons. The maximum Gasteiger partial charge on any atom is 0.134 e. The van der Waals surface area contributed by atoms with Crippen LogP contribution < -0.4 is 5.32 Å². The number of rotatable bonds is 7. The monoisotopic (exact) mass is 263 g/mol. The number of aliphatic hydroxyl groups is 1. The molecule has 0 spiro atoms. The number of benzene rings is 1. The van der Waals surface area contributed by atoms with Crippen LogP contribution in [0.4, 0.5) is 4.39 Å². The van der Waals surface area contributed by atoms with Crippen molar-refractivity contribution in [1.29, 1.82) is 0 Å². The van der Waals surface area contributed by atoms with Crippen molar-refractivity contribution >= 4 is 0 Å². The Morgan fingerprint density at radius 1 is 1.05 bits per heavy atom. The zero-order chi connectivity index (χ0) is 13.5. The fraction of sp³-hybridized carbons (Fsp3) is 0.333. The van der Waals surface area contributed by atoms with Gasteiger partial charge in [0.25, 0.3) is 0 Å². The molecule has 0 aliphatic heterocycles. The van der Waals surface area contributed by atoms with Crippen molar-refractivity contribution in [3.05, 3.63) is 48.0 Å². The fourth-order valence-corrected chi connectivity index (χ4v) is 1.82. The summed E-state index contributed by atoms with van der Waals surface area (Å²) in [6, 6.07) is 10.0. The zero-order valence-corrected chi connectivity index (χ0v) is 10.7. The Balaban J connectivity index is 1.86. The van der Waals surface area contributed by atoms with Crippen molar-refractivity contribution in [2.24, 2.45) is 0 Å². The second-order valence-electron chi connectivity index (χ2n) is 4.38. The summed E-state index contributed by atoms with van der Waals surface area (Å²) in [5, 5.41) is 11.9. The molecule has 0 aliphatic rings. The summed E-state index contributed by atoms with van der Waals surface area (Å²) in [4.78, 5) is 0. The Morgan fingerprint density at radius 2 is 1.84 bits per heavy atom. The van der Waals surface area contributed by atoms with Gasteiger partial charge in [-0.2, -0.15) is 0 Å². The molecule has 102 valence electrons. The first-order valence-electron chi connectivity index (χ1n) is 6.46. The van der Waals surface area contributed by atoms with E-state index in [4.69, 9.17) is 9.52 Å². The number of hydrogen-bond acceptors (Lipinski definition) is 3. The van der Waals surface area contributed by atoms with E-state index in [2.05, 4.69) is 5.32 Å². The summed E-state index contributed by atoms with van der Waals surface area (Å²) in [5.41, 5.74) is 0.868. The maximum atomic E-state index is 12.8. The van der Waals surface area contributed by atoms with Crippen LogP contribution in [0.25, 0.3) is 11.3 Å². The van der Waals surface area contributed by atoms with E-state index >= 15 is 0 Å². The summed E-state index contributed by atoms with van der Waals surface area (Å²) < 4.78 is 18.5. The van der Waals surface area contributed by atoms with Crippen LogP contribution in [0.2, 0.25) is 0 Å². The number of nitrogens with one attached hydrogen (secondary N) is 1. The minimum atomic E-state index is -0.249. The first kappa shape index (κ1) is 13.8. The van der Waals surface area contributed by atoms with Crippen molar-refractivity contribution in [3.63, 3.8) is 0 Å². The van der Waals surface area contributed by atoms with Crippen LogP contribution in [0.15, 0.2) is 40.8 Å². The average molecular weight is 263 g/mol. The van der Waals surface area contributed by atoms with Crippen LogP contribution in [0, 0.1) is 5.82 Å². The molecule has 0 saturated carbocycles. The van der Waals surface area contributed by atoms with Gasteiger partial charge in [-0.1, -0.05) is 0 Å². The molecule has 0 bridgehead atoms. The van der Waals surface area contributed by atoms with Crippen LogP contribution in [0.1, 0.15) is 18.6 Å². The van der Waals surface area contributed by atoms with Gasteiger partial charge in [0.15, 0.2) is 0 Å². The van der Waals surface area contributed by atoms with Gasteiger partial charge in [0.2, 0.25) is 0 Å². The van der Waals surface area contributed by atoms with Gasteiger partial charge < -0.3 is 14.8 Å². The summed E-state index contributed by atoms with van der Waals surface area (Å²) in [5.74, 6) is 1.34. The number of halogens is 1. The van der Waals surface area contributed by atoms with Crippen LogP contribution in [0.5, 0.6) is 0 Å². The SMILES string of the molecule is OCCCCNCc1ccc(-c2ccc(F)cc2)o1. The normalized spacial score (nSPS) is 10.8. The predicted molar refractivity (Wildman–Crippen MR) is 72.1 cm³/mol. The van der Waals surface area contributed by atoms with Gasteiger partial charge in [-0.15, -0.1) is 0 Å². The third kappa shape index (κ3) is 4.19. The lowest BCUT2D eigenvalue weighted by Gasteiger charge is -2.01. The first-order chi connectivity index (χ1) is 9.29. The summed E-state index contributed by atoms with van der Waals surface area (Å²) >= 11 is 0. The van der Waals surface area contributed by atoms with Gasteiger partial charge in [0, 0.05) is 12.2 Å². The van der Waals surface area contributed by atoms with E-state index in [1.54, 1.807) is 12.1 Å². The number of aliphatic hydroxyl groups excluding tert-OH is 1. The Bertz CT molecular complexity index is 493. The minimum Gasteiger partial charge on any atom is -0.460 e. The van der Waals surface area contributed by atoms with Crippen LogP contribution >= 0.6 is 0 Å². The Morgan fingerprint density at radius 3 is 2.58 bits per heavy atom. The van der Waals surface area contributed by atoms with Gasteiger partial charge >= 0.3 is 0 Å². The van der Waals surface area contributed by atoms with Gasteiger partial charge in [-0.25, -0.2) is 4.39 Å². The highest BCUT2D eigenvalue weighted by Gasteiger charge is 2.04. The van der Waals surface area contributed by atoms with E-state index in [9.17, 15) is 4.39 Å². The van der Waals surface area contributed by atoms with E-state index < -0.39 is 0 Å². The molecule has 1 aromatic carbocycles. The third-order valence-electron chi connectivity index (χ3n) is 2.85. The van der Waals surface area contributed by atoms with Crippen molar-refractivity contribution < 1.29 is 13.9 Å². The molecule has 2 aromatic rings. The van der Waals surface area contributed by atoms with E-state index in [1.165, 1.54) is 12.1 Å². The molecule has 2 rings (SSSR count). The molecule has 19 heavy (non-hydrogen) atoms. The largest absolute Gasteiger partial charge is 0.460 e. The molecular formula is C15H18FNO2. The lowest BCUT2D eigenvalue weighted by Crippen LogP contribution is -2.14. The lowest BCUT2D eigenvalue weighted by atomic mass is 10.2. The molecule has 1 aromatic heterocycles. The molecule has 0 aliphatic carbocycles. The predicted octanol–water partition coefficient (Wildman–Crippen LogP) is 2.95. The molecule has 0 atom stereocenters. The number of furan rings is 1. The Labute approximate surface area is 112 Å². The van der Waals surface area contributed by atoms with E-state index in [0.717, 1.165) is 36.5 Å². The molecule has 4 heteroatoms. The van der Waals surface area contributed by atoms with Crippen molar-refractivity contribution in [2.45, 2.75) is 19.4 Å².